The third-order valence-corrected chi connectivity index (χ3v) is 4.32. The van der Waals surface area contributed by atoms with E-state index in [9.17, 15) is 0 Å². The lowest BCUT2D eigenvalue weighted by atomic mass is 10.1. The Hall–Kier alpha value is -1.64. The van der Waals surface area contributed by atoms with Gasteiger partial charge in [0.15, 0.2) is 0 Å². The van der Waals surface area contributed by atoms with E-state index in [0.29, 0.717) is 0 Å². The van der Waals surface area contributed by atoms with Gasteiger partial charge in [-0.2, -0.15) is 0 Å². The van der Waals surface area contributed by atoms with E-state index in [4.69, 9.17) is 0 Å². The van der Waals surface area contributed by atoms with Crippen LogP contribution >= 0.6 is 0 Å². The van der Waals surface area contributed by atoms with Crippen molar-refractivity contribution in [3.63, 3.8) is 0 Å². The van der Waals surface area contributed by atoms with Gasteiger partial charge in [-0.25, -0.2) is 0 Å². The predicted molar refractivity (Wildman–Crippen MR) is 111 cm³/mol. The van der Waals surface area contributed by atoms with Crippen LogP contribution in [0.5, 0.6) is 0 Å². The summed E-state index contributed by atoms with van der Waals surface area (Å²) < 4.78 is 0. The topological polar surface area (TPSA) is 6.48 Å². The Labute approximate surface area is 155 Å². The lowest BCUT2D eigenvalue weighted by Crippen LogP contribution is -2.31. The highest BCUT2D eigenvalue weighted by atomic mass is 15.2. The van der Waals surface area contributed by atoms with Crippen molar-refractivity contribution in [1.82, 2.24) is 9.80 Å². The molecule has 0 heterocycles. The average molecular weight is 341 g/mol. The van der Waals surface area contributed by atoms with E-state index in [1.165, 1.54) is 22.3 Å². The van der Waals surface area contributed by atoms with Crippen LogP contribution in [0.3, 0.4) is 0 Å². The van der Waals surface area contributed by atoms with Crippen LogP contribution < -0.4 is 0 Å². The lowest BCUT2D eigenvalue weighted by Gasteiger charge is -2.25. The minimum atomic E-state index is 1.01. The first kappa shape index (κ1) is 21.4. The maximum absolute atomic E-state index is 2.55. The van der Waals surface area contributed by atoms with Crippen LogP contribution in [0, 0.1) is 6.92 Å². The molecule has 0 saturated heterocycles. The van der Waals surface area contributed by atoms with Crippen LogP contribution in [-0.2, 0) is 19.5 Å². The van der Waals surface area contributed by atoms with E-state index >= 15 is 0 Å². The van der Waals surface area contributed by atoms with Crippen LogP contribution in [0.1, 0.15) is 43.0 Å². The minimum Gasteiger partial charge on any atom is -0.308 e. The molecular weight excluding hydrogens is 304 g/mol. The van der Waals surface area contributed by atoms with Crippen molar-refractivity contribution in [2.45, 2.75) is 47.2 Å². The summed E-state index contributed by atoms with van der Waals surface area (Å²) in [5, 5.41) is 0. The molecule has 0 amide bonds. The first-order valence-electron chi connectivity index (χ1n) is 9.58. The number of nitrogens with zero attached hydrogens (tertiary/aromatic N) is 2. The van der Waals surface area contributed by atoms with Crippen LogP contribution in [-0.4, -0.2) is 37.0 Å². The molecule has 0 aliphatic carbocycles. The third-order valence-electron chi connectivity index (χ3n) is 4.32. The summed E-state index contributed by atoms with van der Waals surface area (Å²) in [6.07, 6.45) is 1.10. The molecule has 0 radical (unpaired) electrons. The van der Waals surface area contributed by atoms with Gasteiger partial charge >= 0.3 is 0 Å². The molecule has 0 saturated carbocycles. The summed E-state index contributed by atoms with van der Waals surface area (Å²) in [6, 6.07) is 17.7. The maximum atomic E-state index is 2.55. The van der Waals surface area contributed by atoms with Crippen molar-refractivity contribution >= 4 is 0 Å². The second-order valence-electron chi connectivity index (χ2n) is 6.61. The Morgan fingerprint density at radius 2 is 1.48 bits per heavy atom. The van der Waals surface area contributed by atoms with Gasteiger partial charge in [-0.15, -0.1) is 0 Å². The molecular formula is C23H36N2. The second kappa shape index (κ2) is 11.8. The van der Waals surface area contributed by atoms with Gasteiger partial charge in [0.05, 0.1) is 0 Å². The van der Waals surface area contributed by atoms with Crippen LogP contribution in [0.4, 0.5) is 0 Å². The largest absolute Gasteiger partial charge is 0.308 e. The predicted octanol–water partition coefficient (Wildman–Crippen LogP) is 5.15. The Kier molecular flexibility index (Phi) is 10.1. The van der Waals surface area contributed by atoms with Gasteiger partial charge in [-0.3, -0.25) is 4.90 Å². The Morgan fingerprint density at radius 1 is 0.800 bits per heavy atom. The van der Waals surface area contributed by atoms with Gasteiger partial charge in [0, 0.05) is 26.2 Å². The Morgan fingerprint density at radius 3 is 2.12 bits per heavy atom. The zero-order valence-electron chi connectivity index (χ0n) is 17.0. The number of aryl methyl sites for hydroxylation is 2. The normalized spacial score (nSPS) is 10.7. The molecule has 0 aromatic heterocycles. The molecule has 0 atom stereocenters. The molecule has 0 spiro atoms. The maximum Gasteiger partial charge on any atom is 0.0240 e. The molecule has 2 heteroatoms. The van der Waals surface area contributed by atoms with Crippen molar-refractivity contribution in [1.29, 1.82) is 0 Å². The van der Waals surface area contributed by atoms with Crippen LogP contribution in [0.2, 0.25) is 0 Å². The van der Waals surface area contributed by atoms with Crippen molar-refractivity contribution in [2.24, 2.45) is 0 Å². The fourth-order valence-corrected chi connectivity index (χ4v) is 2.79. The molecule has 2 aromatic rings. The molecule has 0 fully saturated rings. The SMILES string of the molecule is CC.CCc1cccc(CN(CCN(C)C)Cc2ccccc2C)c1. The second-order valence-corrected chi connectivity index (χ2v) is 6.61. The van der Waals surface area contributed by atoms with Crippen LogP contribution in [0.15, 0.2) is 48.5 Å². The van der Waals surface area contributed by atoms with Crippen molar-refractivity contribution in [3.8, 4) is 0 Å². The van der Waals surface area contributed by atoms with Crippen molar-refractivity contribution in [2.75, 3.05) is 27.2 Å². The van der Waals surface area contributed by atoms with Crippen LogP contribution in [0.25, 0.3) is 0 Å². The number of benzene rings is 2. The number of likely N-dealkylation sites (N-methyl/N-ethyl adjacent to an activating group) is 1. The summed E-state index contributed by atoms with van der Waals surface area (Å²) in [7, 11) is 4.29. The molecule has 0 aliphatic heterocycles. The first-order valence-corrected chi connectivity index (χ1v) is 9.58. The van der Waals surface area contributed by atoms with Gasteiger partial charge in [0.2, 0.25) is 0 Å². The van der Waals surface area contributed by atoms with Gasteiger partial charge in [-0.1, -0.05) is 69.3 Å². The van der Waals surface area contributed by atoms with Crippen molar-refractivity contribution in [3.05, 3.63) is 70.8 Å². The highest BCUT2D eigenvalue weighted by molar-refractivity contribution is 5.26. The first-order chi connectivity index (χ1) is 12.1. The number of hydrogen-bond donors (Lipinski definition) is 0. The van der Waals surface area contributed by atoms with Gasteiger partial charge < -0.3 is 4.90 Å². The van der Waals surface area contributed by atoms with Gasteiger partial charge in [-0.05, 0) is 49.7 Å². The number of rotatable bonds is 8. The monoisotopic (exact) mass is 340 g/mol. The molecule has 0 unspecified atom stereocenters. The summed E-state index contributed by atoms with van der Waals surface area (Å²) in [4.78, 5) is 4.81. The smallest absolute Gasteiger partial charge is 0.0240 e. The summed E-state index contributed by atoms with van der Waals surface area (Å²) in [6.45, 7) is 12.6. The van der Waals surface area contributed by atoms with E-state index in [-0.39, 0.29) is 0 Å². The van der Waals surface area contributed by atoms with E-state index in [2.05, 4.69) is 86.3 Å². The molecule has 138 valence electrons. The molecule has 2 rings (SSSR count). The standard InChI is InChI=1S/C21H30N2.C2H6/c1-5-19-10-8-11-20(15-19)16-23(14-13-22(3)4)17-21-12-7-6-9-18(21)2;1-2/h6-12,15H,5,13-14,16-17H2,1-4H3;1-2H3. The van der Waals surface area contributed by atoms with Gasteiger partial charge in [0.1, 0.15) is 0 Å². The quantitative estimate of drug-likeness (QED) is 0.656. The van der Waals surface area contributed by atoms with Gasteiger partial charge in [0.25, 0.3) is 0 Å². The molecule has 0 aliphatic rings. The van der Waals surface area contributed by atoms with Crippen molar-refractivity contribution < 1.29 is 0 Å². The highest BCUT2D eigenvalue weighted by Crippen LogP contribution is 2.14. The zero-order chi connectivity index (χ0) is 18.7. The zero-order valence-corrected chi connectivity index (χ0v) is 17.0. The third kappa shape index (κ3) is 7.85. The molecule has 0 N–H and O–H groups in total. The van der Waals surface area contributed by atoms with E-state index < -0.39 is 0 Å². The Balaban J connectivity index is 0.00000151. The molecule has 25 heavy (non-hydrogen) atoms. The van der Waals surface area contributed by atoms with E-state index in [1.807, 2.05) is 13.8 Å². The minimum absolute atomic E-state index is 1.01. The molecule has 2 nitrogen and oxygen atoms in total. The fraction of sp³-hybridized carbons (Fsp3) is 0.478. The molecule has 2 aromatic carbocycles. The highest BCUT2D eigenvalue weighted by Gasteiger charge is 2.09. The van der Waals surface area contributed by atoms with E-state index in [1.54, 1.807) is 0 Å². The summed E-state index contributed by atoms with van der Waals surface area (Å²) in [5.74, 6) is 0. The average Bonchev–Trinajstić information content (AvgIpc) is 2.63. The molecule has 0 bridgehead atoms. The fourth-order valence-electron chi connectivity index (χ4n) is 2.79. The Bertz CT molecular complexity index is 605. The summed E-state index contributed by atoms with van der Waals surface area (Å²) >= 11 is 0. The number of hydrogen-bond acceptors (Lipinski definition) is 2. The summed E-state index contributed by atoms with van der Waals surface area (Å²) in [5.41, 5.74) is 5.64. The lowest BCUT2D eigenvalue weighted by molar-refractivity contribution is 0.226. The van der Waals surface area contributed by atoms with E-state index in [0.717, 1.165) is 32.6 Å².